The molecule has 1 N–H and O–H groups in total. The molecule has 1 unspecified atom stereocenters. The average Bonchev–Trinajstić information content (AvgIpc) is 3.27. The van der Waals surface area contributed by atoms with Gasteiger partial charge in [-0.15, -0.1) is 0 Å². The molecule has 1 saturated heterocycles. The van der Waals surface area contributed by atoms with Gasteiger partial charge in [0.15, 0.2) is 5.82 Å². The van der Waals surface area contributed by atoms with Gasteiger partial charge in [-0.3, -0.25) is 19.3 Å². The molecule has 1 saturated carbocycles. The Kier molecular flexibility index (Phi) is 7.27. The molecule has 11 nitrogen and oxygen atoms in total. The summed E-state index contributed by atoms with van der Waals surface area (Å²) >= 11 is 0. The number of benzene rings is 1. The van der Waals surface area contributed by atoms with Gasteiger partial charge >= 0.3 is 27.2 Å². The molecular weight excluding hydrogens is 511 g/mol. The Bertz CT molecular complexity index is 1290. The predicted molar refractivity (Wildman–Crippen MR) is 127 cm³/mol. The number of halogens is 1. The average molecular weight is 539 g/mol. The molecule has 2 atom stereocenters. The third-order valence-corrected chi connectivity index (χ3v) is 8.38. The fourth-order valence-electron chi connectivity index (χ4n) is 4.71. The molecule has 13 heteroatoms. The van der Waals surface area contributed by atoms with Gasteiger partial charge in [-0.1, -0.05) is 25.3 Å². The van der Waals surface area contributed by atoms with Crippen LogP contribution in [0.3, 0.4) is 0 Å². The molecule has 3 aliphatic rings. The van der Waals surface area contributed by atoms with Gasteiger partial charge in [-0.2, -0.15) is 8.42 Å². The van der Waals surface area contributed by atoms with Crippen molar-refractivity contribution in [2.24, 2.45) is 5.92 Å². The summed E-state index contributed by atoms with van der Waals surface area (Å²) in [7, 11) is -4.83. The number of anilines is 1. The van der Waals surface area contributed by atoms with E-state index in [0.29, 0.717) is 17.9 Å². The molecular formula is C24H27FN2O9S. The molecule has 37 heavy (non-hydrogen) atoms. The Morgan fingerprint density at radius 1 is 1.16 bits per heavy atom. The molecule has 0 bridgehead atoms. The maximum Gasteiger partial charge on any atom is 0.413 e. The quantitative estimate of drug-likeness (QED) is 0.314. The first-order valence-electron chi connectivity index (χ1n) is 11.9. The van der Waals surface area contributed by atoms with Crippen LogP contribution < -0.4 is 4.31 Å². The van der Waals surface area contributed by atoms with E-state index in [1.165, 1.54) is 24.8 Å². The number of hydrogen-bond acceptors (Lipinski definition) is 9. The molecule has 0 spiro atoms. The third kappa shape index (κ3) is 5.17. The Hall–Kier alpha value is -3.48. The number of carbonyl (C=O) groups excluding carboxylic acids is 4. The van der Waals surface area contributed by atoms with E-state index >= 15 is 4.39 Å². The van der Waals surface area contributed by atoms with Crippen molar-refractivity contribution in [3.63, 3.8) is 0 Å². The van der Waals surface area contributed by atoms with E-state index in [4.69, 9.17) is 9.47 Å². The van der Waals surface area contributed by atoms with Crippen molar-refractivity contribution in [3.8, 4) is 5.75 Å². The first-order valence-corrected chi connectivity index (χ1v) is 13.3. The lowest BCUT2D eigenvalue weighted by molar-refractivity contribution is -0.163. The molecule has 2 aliphatic heterocycles. The summed E-state index contributed by atoms with van der Waals surface area (Å²) in [4.78, 5) is 48.9. The highest BCUT2D eigenvalue weighted by atomic mass is 32.2. The smallest absolute Gasteiger partial charge is 0.413 e. The number of Topliss-reactive ketones (excluding diaryl/α,β-unsaturated/α-hetero) is 1. The van der Waals surface area contributed by atoms with Crippen LogP contribution in [0.1, 0.15) is 51.5 Å². The minimum Gasteiger partial charge on any atom is -0.506 e. The molecule has 1 aliphatic carbocycles. The normalized spacial score (nSPS) is 22.0. The Labute approximate surface area is 212 Å². The number of sulfonamides is 1. The van der Waals surface area contributed by atoms with Crippen LogP contribution >= 0.6 is 0 Å². The lowest BCUT2D eigenvalue weighted by Gasteiger charge is -2.29. The highest BCUT2D eigenvalue weighted by Crippen LogP contribution is 2.40. The van der Waals surface area contributed by atoms with E-state index in [9.17, 15) is 32.7 Å². The summed E-state index contributed by atoms with van der Waals surface area (Å²) in [6.07, 6.45) is 4.48. The van der Waals surface area contributed by atoms with Crippen LogP contribution in [0.2, 0.25) is 0 Å². The van der Waals surface area contributed by atoms with Crippen molar-refractivity contribution >= 4 is 44.2 Å². The number of carbonyl (C=O) groups is 4. The number of amides is 1. The number of nitrogens with zero attached hydrogens (tertiary/aromatic N) is 2. The number of rotatable bonds is 7. The summed E-state index contributed by atoms with van der Waals surface area (Å²) in [6, 6.07) is 1.82. The topological polar surface area (TPSA) is 148 Å². The van der Waals surface area contributed by atoms with Gasteiger partial charge in [0.25, 0.3) is 0 Å². The Balaban J connectivity index is 1.64. The van der Waals surface area contributed by atoms with Crippen molar-refractivity contribution in [1.29, 1.82) is 0 Å². The van der Waals surface area contributed by atoms with Crippen LogP contribution in [0.4, 0.5) is 14.9 Å². The fraction of sp³-hybridized carbons (Fsp3) is 0.500. The molecule has 2 heterocycles. The van der Waals surface area contributed by atoms with Crippen LogP contribution in [0.15, 0.2) is 18.2 Å². The minimum atomic E-state index is -4.83. The monoisotopic (exact) mass is 538 g/mol. The summed E-state index contributed by atoms with van der Waals surface area (Å²) in [6.45, 7) is 1.53. The van der Waals surface area contributed by atoms with Gasteiger partial charge in [0.2, 0.25) is 12.1 Å². The number of ether oxygens (including phenoxy) is 2. The summed E-state index contributed by atoms with van der Waals surface area (Å²) in [5.41, 5.74) is -0.594. The van der Waals surface area contributed by atoms with Crippen LogP contribution in [-0.4, -0.2) is 66.8 Å². The number of phenols is 1. The summed E-state index contributed by atoms with van der Waals surface area (Å²) in [5.74, 6) is -3.26. The van der Waals surface area contributed by atoms with Crippen molar-refractivity contribution in [3.05, 3.63) is 29.6 Å². The largest absolute Gasteiger partial charge is 0.506 e. The van der Waals surface area contributed by atoms with E-state index in [1.54, 1.807) is 6.08 Å². The maximum absolute atomic E-state index is 15.7. The zero-order valence-electron chi connectivity index (χ0n) is 20.3. The van der Waals surface area contributed by atoms with Gasteiger partial charge in [0.1, 0.15) is 18.0 Å². The molecule has 1 aromatic carbocycles. The first kappa shape index (κ1) is 26.6. The van der Waals surface area contributed by atoms with E-state index in [0.717, 1.165) is 31.7 Å². The molecule has 1 amide bonds. The summed E-state index contributed by atoms with van der Waals surface area (Å²) < 4.78 is 50.7. The number of ketones is 1. The van der Waals surface area contributed by atoms with Gasteiger partial charge in [0, 0.05) is 19.4 Å². The molecule has 200 valence electrons. The molecule has 4 rings (SSSR count). The highest BCUT2D eigenvalue weighted by Gasteiger charge is 2.47. The summed E-state index contributed by atoms with van der Waals surface area (Å²) in [5, 5.41) is 8.57. The second-order valence-electron chi connectivity index (χ2n) is 9.34. The number of esters is 1. The standard InChI is InChI=1S/C24H27FN2O9S/c1-13(28)35-14(2)36-24(32)26-11-16(10-17(26)7-6-15-4-3-5-15)18-8-9-19(29)22(21(18)25)27-12-20(30)23(31)37(27,33)34/h8-10,14-15,17,29H,3-7,11-12H2,1-2H3/t14?,17-/m1/s1. The van der Waals surface area contributed by atoms with Gasteiger partial charge in [-0.05, 0) is 36.5 Å². The Morgan fingerprint density at radius 2 is 1.86 bits per heavy atom. The van der Waals surface area contributed by atoms with Gasteiger partial charge in [0.05, 0.1) is 12.6 Å². The SMILES string of the molecule is CC(=O)OC(C)OC(=O)N1CC(c2ccc(O)c(N3CC(=O)C(=O)S3(=O)=O)c2F)=C[C@H]1CCC1CCC1. The van der Waals surface area contributed by atoms with Crippen LogP contribution in [0, 0.1) is 11.7 Å². The van der Waals surface area contributed by atoms with Crippen LogP contribution in [0.5, 0.6) is 5.75 Å². The number of phenolic OH excluding ortho intramolecular Hbond substituents is 1. The second-order valence-corrected chi connectivity index (χ2v) is 11.1. The zero-order chi connectivity index (χ0) is 27.1. The van der Waals surface area contributed by atoms with Gasteiger partial charge < -0.3 is 14.6 Å². The van der Waals surface area contributed by atoms with E-state index < -0.39 is 69.1 Å². The number of hydrogen-bond donors (Lipinski definition) is 1. The lowest BCUT2D eigenvalue weighted by Crippen LogP contribution is -2.39. The predicted octanol–water partition coefficient (Wildman–Crippen LogP) is 2.47. The van der Waals surface area contributed by atoms with Crippen LogP contribution in [-0.2, 0) is 33.9 Å². The van der Waals surface area contributed by atoms with Crippen molar-refractivity contribution in [2.45, 2.75) is 58.3 Å². The van der Waals surface area contributed by atoms with E-state index in [2.05, 4.69) is 0 Å². The third-order valence-electron chi connectivity index (χ3n) is 6.79. The van der Waals surface area contributed by atoms with Gasteiger partial charge in [-0.25, -0.2) is 13.5 Å². The van der Waals surface area contributed by atoms with Crippen molar-refractivity contribution in [2.75, 3.05) is 17.4 Å². The highest BCUT2D eigenvalue weighted by molar-refractivity contribution is 8.10. The fourth-order valence-corrected chi connectivity index (χ4v) is 5.96. The van der Waals surface area contributed by atoms with Crippen molar-refractivity contribution < 1.29 is 46.6 Å². The molecule has 1 aromatic rings. The first-order chi connectivity index (χ1) is 17.4. The Morgan fingerprint density at radius 3 is 2.43 bits per heavy atom. The van der Waals surface area contributed by atoms with Crippen molar-refractivity contribution in [1.82, 2.24) is 4.90 Å². The lowest BCUT2D eigenvalue weighted by atomic mass is 9.81. The molecule has 0 radical (unpaired) electrons. The number of aromatic hydroxyl groups is 1. The second kappa shape index (κ2) is 10.1. The van der Waals surface area contributed by atoms with Crippen LogP contribution in [0.25, 0.3) is 5.57 Å². The minimum absolute atomic E-state index is 0.104. The molecule has 0 aromatic heterocycles. The molecule has 2 fully saturated rings. The van der Waals surface area contributed by atoms with E-state index in [1.807, 2.05) is 0 Å². The van der Waals surface area contributed by atoms with E-state index in [-0.39, 0.29) is 16.4 Å². The zero-order valence-corrected chi connectivity index (χ0v) is 21.1. The maximum atomic E-state index is 15.7.